The number of H-pyrrole nitrogens is 1. The van der Waals surface area contributed by atoms with Crippen molar-refractivity contribution in [1.82, 2.24) is 9.97 Å². The van der Waals surface area contributed by atoms with E-state index in [4.69, 9.17) is 32.7 Å². The van der Waals surface area contributed by atoms with Gasteiger partial charge in [0, 0.05) is 12.1 Å². The third-order valence-corrected chi connectivity index (χ3v) is 3.98. The van der Waals surface area contributed by atoms with E-state index in [0.29, 0.717) is 46.1 Å². The lowest BCUT2D eigenvalue weighted by atomic mass is 10.2. The SMILES string of the molecule is Clc1cccc(Cl)c1-c1nc2cc3c(cc2[nH]1)OCCO3. The van der Waals surface area contributed by atoms with E-state index in [1.807, 2.05) is 12.1 Å². The summed E-state index contributed by atoms with van der Waals surface area (Å²) in [6.07, 6.45) is 0. The lowest BCUT2D eigenvalue weighted by Gasteiger charge is -2.17. The summed E-state index contributed by atoms with van der Waals surface area (Å²) in [5.74, 6) is 2.05. The van der Waals surface area contributed by atoms with Crippen molar-refractivity contribution in [1.29, 1.82) is 0 Å². The normalized spacial score (nSPS) is 13.6. The average molecular weight is 321 g/mol. The van der Waals surface area contributed by atoms with E-state index in [0.717, 1.165) is 11.0 Å². The first-order valence-corrected chi connectivity index (χ1v) is 7.22. The van der Waals surface area contributed by atoms with Crippen molar-refractivity contribution >= 4 is 34.2 Å². The molecule has 1 N–H and O–H groups in total. The highest BCUT2D eigenvalue weighted by Crippen LogP contribution is 2.37. The monoisotopic (exact) mass is 320 g/mol. The zero-order valence-corrected chi connectivity index (χ0v) is 12.3. The molecular weight excluding hydrogens is 311 g/mol. The smallest absolute Gasteiger partial charge is 0.163 e. The molecule has 0 saturated carbocycles. The molecule has 2 heterocycles. The van der Waals surface area contributed by atoms with Gasteiger partial charge in [-0.3, -0.25) is 0 Å². The van der Waals surface area contributed by atoms with Gasteiger partial charge in [0.15, 0.2) is 11.5 Å². The molecule has 1 aromatic heterocycles. The van der Waals surface area contributed by atoms with Crippen molar-refractivity contribution in [3.63, 3.8) is 0 Å². The number of halogens is 2. The highest BCUT2D eigenvalue weighted by Gasteiger charge is 2.17. The Morgan fingerprint density at radius 1 is 1.00 bits per heavy atom. The van der Waals surface area contributed by atoms with Gasteiger partial charge in [-0.15, -0.1) is 0 Å². The molecule has 0 atom stereocenters. The molecular formula is C15H10Cl2N2O2. The van der Waals surface area contributed by atoms with E-state index < -0.39 is 0 Å². The molecule has 0 saturated heterocycles. The third-order valence-electron chi connectivity index (χ3n) is 3.35. The van der Waals surface area contributed by atoms with E-state index in [1.54, 1.807) is 18.2 Å². The number of nitrogens with zero attached hydrogens (tertiary/aromatic N) is 1. The van der Waals surface area contributed by atoms with E-state index in [-0.39, 0.29) is 0 Å². The molecule has 0 spiro atoms. The van der Waals surface area contributed by atoms with Gasteiger partial charge < -0.3 is 14.5 Å². The number of nitrogens with one attached hydrogen (secondary N) is 1. The summed E-state index contributed by atoms with van der Waals surface area (Å²) in [5.41, 5.74) is 2.33. The number of aromatic nitrogens is 2. The number of rotatable bonds is 1. The Morgan fingerprint density at radius 2 is 1.67 bits per heavy atom. The first-order chi connectivity index (χ1) is 10.2. The topological polar surface area (TPSA) is 47.1 Å². The minimum absolute atomic E-state index is 0.548. The van der Waals surface area contributed by atoms with Crippen LogP contribution in [0, 0.1) is 0 Å². The van der Waals surface area contributed by atoms with Gasteiger partial charge in [-0.05, 0) is 12.1 Å². The Kier molecular flexibility index (Phi) is 2.94. The summed E-state index contributed by atoms with van der Waals surface area (Å²) in [4.78, 5) is 7.78. The van der Waals surface area contributed by atoms with Crippen LogP contribution in [0.15, 0.2) is 30.3 Å². The van der Waals surface area contributed by atoms with Crippen LogP contribution in [0.3, 0.4) is 0 Å². The number of aromatic amines is 1. The van der Waals surface area contributed by atoms with Gasteiger partial charge >= 0.3 is 0 Å². The van der Waals surface area contributed by atoms with Crippen LogP contribution in [-0.4, -0.2) is 23.2 Å². The van der Waals surface area contributed by atoms with Gasteiger partial charge in [-0.2, -0.15) is 0 Å². The molecule has 4 nitrogen and oxygen atoms in total. The predicted molar refractivity (Wildman–Crippen MR) is 82.5 cm³/mol. The maximum absolute atomic E-state index is 6.22. The van der Waals surface area contributed by atoms with Crippen LogP contribution in [0.1, 0.15) is 0 Å². The highest BCUT2D eigenvalue weighted by molar-refractivity contribution is 6.39. The summed E-state index contributed by atoms with van der Waals surface area (Å²) in [5, 5.41) is 1.11. The molecule has 0 radical (unpaired) electrons. The predicted octanol–water partition coefficient (Wildman–Crippen LogP) is 4.31. The summed E-state index contributed by atoms with van der Waals surface area (Å²) in [6.45, 7) is 1.10. The molecule has 2 aromatic carbocycles. The van der Waals surface area contributed by atoms with Crippen molar-refractivity contribution in [3.8, 4) is 22.9 Å². The van der Waals surface area contributed by atoms with Crippen LogP contribution >= 0.6 is 23.2 Å². The van der Waals surface area contributed by atoms with Crippen molar-refractivity contribution in [3.05, 3.63) is 40.4 Å². The molecule has 0 unspecified atom stereocenters. The summed E-state index contributed by atoms with van der Waals surface area (Å²) < 4.78 is 11.1. The van der Waals surface area contributed by atoms with Crippen molar-refractivity contribution < 1.29 is 9.47 Å². The fourth-order valence-electron chi connectivity index (χ4n) is 2.39. The van der Waals surface area contributed by atoms with Crippen LogP contribution < -0.4 is 9.47 Å². The zero-order valence-electron chi connectivity index (χ0n) is 10.8. The van der Waals surface area contributed by atoms with Crippen LogP contribution in [0.2, 0.25) is 10.0 Å². The minimum atomic E-state index is 0.548. The molecule has 1 aliphatic heterocycles. The number of imidazole rings is 1. The molecule has 21 heavy (non-hydrogen) atoms. The van der Waals surface area contributed by atoms with Gasteiger partial charge in [0.05, 0.1) is 26.6 Å². The number of ether oxygens (including phenoxy) is 2. The Bertz CT molecular complexity index is 782. The quantitative estimate of drug-likeness (QED) is 0.726. The number of hydrogen-bond donors (Lipinski definition) is 1. The standard InChI is InChI=1S/C15H10Cl2N2O2/c16-8-2-1-3-9(17)14(8)15-18-10-6-12-13(7-11(10)19-15)21-5-4-20-12/h1-3,6-7H,4-5H2,(H,18,19). The maximum atomic E-state index is 6.22. The average Bonchev–Trinajstić information content (AvgIpc) is 2.86. The van der Waals surface area contributed by atoms with Crippen molar-refractivity contribution in [2.75, 3.05) is 13.2 Å². The van der Waals surface area contributed by atoms with Crippen LogP contribution in [0.4, 0.5) is 0 Å². The first-order valence-electron chi connectivity index (χ1n) is 6.46. The second-order valence-electron chi connectivity index (χ2n) is 4.70. The maximum Gasteiger partial charge on any atom is 0.163 e. The lowest BCUT2D eigenvalue weighted by molar-refractivity contribution is 0.172. The van der Waals surface area contributed by atoms with E-state index >= 15 is 0 Å². The number of hydrogen-bond acceptors (Lipinski definition) is 3. The molecule has 0 aliphatic carbocycles. The Balaban J connectivity index is 1.91. The molecule has 1 aliphatic rings. The van der Waals surface area contributed by atoms with Gasteiger partial charge in [-0.1, -0.05) is 29.3 Å². The van der Waals surface area contributed by atoms with E-state index in [2.05, 4.69) is 9.97 Å². The summed E-state index contributed by atoms with van der Waals surface area (Å²) >= 11 is 12.4. The van der Waals surface area contributed by atoms with E-state index in [1.165, 1.54) is 0 Å². The Morgan fingerprint density at radius 3 is 2.38 bits per heavy atom. The third kappa shape index (κ3) is 2.11. The fourth-order valence-corrected chi connectivity index (χ4v) is 2.97. The van der Waals surface area contributed by atoms with Crippen LogP contribution in [-0.2, 0) is 0 Å². The summed E-state index contributed by atoms with van der Waals surface area (Å²) in [6, 6.07) is 9.11. The van der Waals surface area contributed by atoms with E-state index in [9.17, 15) is 0 Å². The first kappa shape index (κ1) is 12.8. The van der Waals surface area contributed by atoms with Gasteiger partial charge in [0.2, 0.25) is 0 Å². The second kappa shape index (κ2) is 4.83. The molecule has 106 valence electrons. The molecule has 0 bridgehead atoms. The molecule has 0 amide bonds. The van der Waals surface area contributed by atoms with Gasteiger partial charge in [-0.25, -0.2) is 4.98 Å². The second-order valence-corrected chi connectivity index (χ2v) is 5.51. The summed E-state index contributed by atoms with van der Waals surface area (Å²) in [7, 11) is 0. The molecule has 3 aromatic rings. The lowest BCUT2D eigenvalue weighted by Crippen LogP contribution is -2.15. The van der Waals surface area contributed by atoms with Gasteiger partial charge in [0.1, 0.15) is 19.0 Å². The minimum Gasteiger partial charge on any atom is -0.486 e. The van der Waals surface area contributed by atoms with Gasteiger partial charge in [0.25, 0.3) is 0 Å². The Hall–Kier alpha value is -1.91. The largest absolute Gasteiger partial charge is 0.486 e. The number of benzene rings is 2. The molecule has 6 heteroatoms. The fraction of sp³-hybridized carbons (Fsp3) is 0.133. The number of fused-ring (bicyclic) bond motifs is 2. The zero-order chi connectivity index (χ0) is 14.4. The molecule has 0 fully saturated rings. The van der Waals surface area contributed by atoms with Crippen LogP contribution in [0.5, 0.6) is 11.5 Å². The van der Waals surface area contributed by atoms with Crippen molar-refractivity contribution in [2.24, 2.45) is 0 Å². The highest BCUT2D eigenvalue weighted by atomic mass is 35.5. The van der Waals surface area contributed by atoms with Crippen LogP contribution in [0.25, 0.3) is 22.4 Å². The van der Waals surface area contributed by atoms with Crippen molar-refractivity contribution in [2.45, 2.75) is 0 Å². The Labute approximate surface area is 130 Å². The molecule has 4 rings (SSSR count).